The smallest absolute Gasteiger partial charge is 0.323 e. The van der Waals surface area contributed by atoms with Gasteiger partial charge in [0.15, 0.2) is 0 Å². The van der Waals surface area contributed by atoms with Crippen molar-refractivity contribution in [2.45, 2.75) is 64.1 Å². The predicted octanol–water partition coefficient (Wildman–Crippen LogP) is 1.79. The van der Waals surface area contributed by atoms with Crippen molar-refractivity contribution in [3.8, 4) is 0 Å². The Morgan fingerprint density at radius 2 is 2.38 bits per heavy atom. The first-order valence-corrected chi connectivity index (χ1v) is 6.12. The molecule has 0 spiro atoms. The van der Waals surface area contributed by atoms with Crippen LogP contribution in [0.4, 0.5) is 0 Å². The largest absolute Gasteiger partial charge is 0.480 e. The summed E-state index contributed by atoms with van der Waals surface area (Å²) in [7, 11) is 0. The number of aliphatic carboxylic acids is 1. The van der Waals surface area contributed by atoms with Crippen LogP contribution in [-0.4, -0.2) is 35.4 Å². The fraction of sp³-hybridized carbons (Fsp3) is 0.917. The van der Waals surface area contributed by atoms with Gasteiger partial charge in [-0.2, -0.15) is 0 Å². The van der Waals surface area contributed by atoms with Gasteiger partial charge >= 0.3 is 5.97 Å². The molecule has 0 radical (unpaired) electrons. The fourth-order valence-corrected chi connectivity index (χ4v) is 2.33. The molecule has 3 unspecified atom stereocenters. The van der Waals surface area contributed by atoms with Crippen molar-refractivity contribution in [1.29, 1.82) is 0 Å². The minimum atomic E-state index is -0.833. The molecule has 1 rings (SSSR count). The third-order valence-electron chi connectivity index (χ3n) is 3.29. The third kappa shape index (κ3) is 3.19. The lowest BCUT2D eigenvalue weighted by Gasteiger charge is -2.32. The summed E-state index contributed by atoms with van der Waals surface area (Å²) >= 11 is 0. The standard InChI is InChI=1S/C12H23NO3/c1-4-7-12(3,11(14)15)13-9(2)10-6-5-8-16-10/h9-10,13H,4-8H2,1-3H3,(H,14,15). The summed E-state index contributed by atoms with van der Waals surface area (Å²) in [4.78, 5) is 11.3. The highest BCUT2D eigenvalue weighted by Crippen LogP contribution is 2.20. The van der Waals surface area contributed by atoms with E-state index in [9.17, 15) is 9.90 Å². The van der Waals surface area contributed by atoms with Crippen molar-refractivity contribution in [2.24, 2.45) is 0 Å². The molecule has 4 nitrogen and oxygen atoms in total. The molecule has 3 atom stereocenters. The van der Waals surface area contributed by atoms with Crippen LogP contribution < -0.4 is 5.32 Å². The zero-order valence-electron chi connectivity index (χ0n) is 10.5. The average molecular weight is 229 g/mol. The van der Waals surface area contributed by atoms with E-state index in [1.165, 1.54) is 0 Å². The Morgan fingerprint density at radius 3 is 2.81 bits per heavy atom. The van der Waals surface area contributed by atoms with Crippen molar-refractivity contribution in [3.63, 3.8) is 0 Å². The molecular formula is C12H23NO3. The van der Waals surface area contributed by atoms with Crippen LogP contribution >= 0.6 is 0 Å². The second-order valence-electron chi connectivity index (χ2n) is 4.87. The lowest BCUT2D eigenvalue weighted by molar-refractivity contribution is -0.145. The van der Waals surface area contributed by atoms with Crippen molar-refractivity contribution in [3.05, 3.63) is 0 Å². The molecule has 1 aliphatic heterocycles. The molecule has 1 saturated heterocycles. The molecule has 0 saturated carbocycles. The molecule has 94 valence electrons. The third-order valence-corrected chi connectivity index (χ3v) is 3.29. The van der Waals surface area contributed by atoms with Gasteiger partial charge < -0.3 is 9.84 Å². The van der Waals surface area contributed by atoms with Crippen LogP contribution in [0.1, 0.15) is 46.5 Å². The summed E-state index contributed by atoms with van der Waals surface area (Å²) in [5, 5.41) is 12.5. The van der Waals surface area contributed by atoms with E-state index < -0.39 is 11.5 Å². The SMILES string of the molecule is CCCC(C)(NC(C)C1CCCO1)C(=O)O. The first-order chi connectivity index (χ1) is 7.49. The second-order valence-corrected chi connectivity index (χ2v) is 4.87. The Labute approximate surface area is 97.4 Å². The maximum atomic E-state index is 11.3. The lowest BCUT2D eigenvalue weighted by atomic mass is 9.94. The van der Waals surface area contributed by atoms with E-state index in [4.69, 9.17) is 4.74 Å². The van der Waals surface area contributed by atoms with Crippen LogP contribution in [0.5, 0.6) is 0 Å². The monoisotopic (exact) mass is 229 g/mol. The van der Waals surface area contributed by atoms with Crippen molar-refractivity contribution < 1.29 is 14.6 Å². The average Bonchev–Trinajstić information content (AvgIpc) is 2.70. The maximum absolute atomic E-state index is 11.3. The van der Waals surface area contributed by atoms with Gasteiger partial charge in [-0.1, -0.05) is 13.3 Å². The molecule has 0 aromatic carbocycles. The number of ether oxygens (including phenoxy) is 1. The number of hydrogen-bond acceptors (Lipinski definition) is 3. The van der Waals surface area contributed by atoms with E-state index >= 15 is 0 Å². The summed E-state index contributed by atoms with van der Waals surface area (Å²) in [5.74, 6) is -0.779. The first kappa shape index (κ1) is 13.5. The van der Waals surface area contributed by atoms with Gasteiger partial charge in [0.05, 0.1) is 6.10 Å². The van der Waals surface area contributed by atoms with Crippen LogP contribution in [0.25, 0.3) is 0 Å². The van der Waals surface area contributed by atoms with Crippen LogP contribution in [-0.2, 0) is 9.53 Å². The normalized spacial score (nSPS) is 26.3. The van der Waals surface area contributed by atoms with Crippen molar-refractivity contribution in [1.82, 2.24) is 5.32 Å². The zero-order valence-corrected chi connectivity index (χ0v) is 10.5. The van der Waals surface area contributed by atoms with E-state index in [2.05, 4.69) is 5.32 Å². The number of rotatable bonds is 6. The van der Waals surface area contributed by atoms with Gasteiger partial charge in [0.1, 0.15) is 5.54 Å². The molecule has 0 aromatic rings. The summed E-state index contributed by atoms with van der Waals surface area (Å²) in [6.45, 7) is 6.56. The Hall–Kier alpha value is -0.610. The van der Waals surface area contributed by atoms with E-state index in [0.717, 1.165) is 25.9 Å². The minimum absolute atomic E-state index is 0.0927. The summed E-state index contributed by atoms with van der Waals surface area (Å²) < 4.78 is 5.56. The van der Waals surface area contributed by atoms with Crippen molar-refractivity contribution >= 4 is 5.97 Å². The Balaban J connectivity index is 2.56. The van der Waals surface area contributed by atoms with Crippen LogP contribution in [0.3, 0.4) is 0 Å². The summed E-state index contributed by atoms with van der Waals surface area (Å²) in [5.41, 5.74) is -0.833. The second kappa shape index (κ2) is 5.64. The molecule has 1 heterocycles. The minimum Gasteiger partial charge on any atom is -0.480 e. The van der Waals surface area contributed by atoms with Gasteiger partial charge in [0, 0.05) is 12.6 Å². The highest BCUT2D eigenvalue weighted by molar-refractivity contribution is 5.78. The van der Waals surface area contributed by atoms with Gasteiger partial charge in [0.2, 0.25) is 0 Å². The maximum Gasteiger partial charge on any atom is 0.323 e. The van der Waals surface area contributed by atoms with Crippen LogP contribution in [0.15, 0.2) is 0 Å². The molecule has 16 heavy (non-hydrogen) atoms. The lowest BCUT2D eigenvalue weighted by Crippen LogP contribution is -2.55. The molecular weight excluding hydrogens is 206 g/mol. The Morgan fingerprint density at radius 1 is 1.69 bits per heavy atom. The Bertz CT molecular complexity index is 238. The van der Waals surface area contributed by atoms with E-state index in [1.54, 1.807) is 6.92 Å². The first-order valence-electron chi connectivity index (χ1n) is 6.12. The number of carbonyl (C=O) groups is 1. The van der Waals surface area contributed by atoms with Gasteiger partial charge in [-0.3, -0.25) is 10.1 Å². The molecule has 2 N–H and O–H groups in total. The quantitative estimate of drug-likeness (QED) is 0.729. The summed E-state index contributed by atoms with van der Waals surface area (Å²) in [6.07, 6.45) is 3.76. The molecule has 0 bridgehead atoms. The van der Waals surface area contributed by atoms with Gasteiger partial charge in [-0.25, -0.2) is 0 Å². The fourth-order valence-electron chi connectivity index (χ4n) is 2.33. The van der Waals surface area contributed by atoms with Gasteiger partial charge in [-0.05, 0) is 33.1 Å². The molecule has 1 aliphatic rings. The molecule has 0 aliphatic carbocycles. The number of nitrogens with one attached hydrogen (secondary N) is 1. The zero-order chi connectivity index (χ0) is 12.2. The summed E-state index contributed by atoms with van der Waals surface area (Å²) in [6, 6.07) is 0.0927. The van der Waals surface area contributed by atoms with Crippen molar-refractivity contribution in [2.75, 3.05) is 6.61 Å². The number of carboxylic acids is 1. The van der Waals surface area contributed by atoms with Crippen LogP contribution in [0.2, 0.25) is 0 Å². The molecule has 0 amide bonds. The van der Waals surface area contributed by atoms with E-state index in [-0.39, 0.29) is 12.1 Å². The van der Waals surface area contributed by atoms with Gasteiger partial charge in [-0.15, -0.1) is 0 Å². The van der Waals surface area contributed by atoms with E-state index in [0.29, 0.717) is 6.42 Å². The molecule has 0 aromatic heterocycles. The number of carboxylic acid groups (broad SMARTS) is 1. The highest BCUT2D eigenvalue weighted by atomic mass is 16.5. The van der Waals surface area contributed by atoms with Gasteiger partial charge in [0.25, 0.3) is 0 Å². The highest BCUT2D eigenvalue weighted by Gasteiger charge is 2.35. The van der Waals surface area contributed by atoms with E-state index in [1.807, 2.05) is 13.8 Å². The van der Waals surface area contributed by atoms with Crippen LogP contribution in [0, 0.1) is 0 Å². The Kier molecular flexibility index (Phi) is 4.74. The molecule has 4 heteroatoms. The topological polar surface area (TPSA) is 58.6 Å². The predicted molar refractivity (Wildman–Crippen MR) is 62.5 cm³/mol. The molecule has 1 fully saturated rings. The number of hydrogen-bond donors (Lipinski definition) is 2.